The van der Waals surface area contributed by atoms with E-state index in [0.29, 0.717) is 46.8 Å². The van der Waals surface area contributed by atoms with E-state index in [4.69, 9.17) is 4.89 Å². The smallest absolute Gasteiger partial charge is 0.168 e. The van der Waals surface area contributed by atoms with Crippen LogP contribution in [0.1, 0.15) is 242 Å². The van der Waals surface area contributed by atoms with Gasteiger partial charge in [-0.25, -0.2) is 5.26 Å². The highest BCUT2D eigenvalue weighted by molar-refractivity contribution is 5.62. The molecule has 0 heterocycles. The zero-order chi connectivity index (χ0) is 61.6. The summed E-state index contributed by atoms with van der Waals surface area (Å²) in [5.74, 6) is 1.40. The van der Waals surface area contributed by atoms with Gasteiger partial charge in [0.25, 0.3) is 0 Å². The summed E-state index contributed by atoms with van der Waals surface area (Å²) in [4.78, 5) is 4.78. The molecule has 0 saturated heterocycles. The van der Waals surface area contributed by atoms with Crippen molar-refractivity contribution in [1.29, 1.82) is 0 Å². The number of benzene rings is 8. The van der Waals surface area contributed by atoms with Gasteiger partial charge in [0, 0.05) is 41.2 Å². The van der Waals surface area contributed by atoms with E-state index in [1.807, 2.05) is 97.9 Å². The van der Waals surface area contributed by atoms with Gasteiger partial charge in [0.2, 0.25) is 0 Å². The molecule has 0 spiro atoms. The molecule has 3 saturated carbocycles. The van der Waals surface area contributed by atoms with E-state index in [1.165, 1.54) is 24.0 Å². The maximum atomic E-state index is 12.9. The molecule has 11 rings (SSSR count). The van der Waals surface area contributed by atoms with Gasteiger partial charge in [-0.1, -0.05) is 131 Å². The van der Waals surface area contributed by atoms with E-state index in [-0.39, 0.29) is 40.6 Å². The molecule has 3 fully saturated rings. The van der Waals surface area contributed by atoms with Crippen LogP contribution in [0.5, 0.6) is 46.0 Å². The lowest BCUT2D eigenvalue weighted by atomic mass is 9.63. The minimum Gasteiger partial charge on any atom is -0.508 e. The van der Waals surface area contributed by atoms with Gasteiger partial charge in [-0.05, 0) is 253 Å². The van der Waals surface area contributed by atoms with Gasteiger partial charge in [-0.15, -0.1) is 0 Å². The van der Waals surface area contributed by atoms with Crippen molar-refractivity contribution < 1.29 is 45.9 Å². The Hall–Kier alpha value is -7.88. The first-order chi connectivity index (χ1) is 41.7. The molecular formula is C78H88O9. The summed E-state index contributed by atoms with van der Waals surface area (Å²) < 4.78 is 0. The third-order valence-electron chi connectivity index (χ3n) is 20.6. The monoisotopic (exact) mass is 1170 g/mol. The second kappa shape index (κ2) is 25.1. The van der Waals surface area contributed by atoms with Crippen LogP contribution in [0.2, 0.25) is 0 Å². The lowest BCUT2D eigenvalue weighted by Gasteiger charge is -2.41. The fourth-order valence-corrected chi connectivity index (χ4v) is 15.6. The fourth-order valence-electron chi connectivity index (χ4n) is 15.6. The van der Waals surface area contributed by atoms with Crippen molar-refractivity contribution in [2.75, 3.05) is 0 Å². The number of hydrogen-bond donors (Lipinski definition) is 8. The summed E-state index contributed by atoms with van der Waals surface area (Å²) in [6.45, 7) is 15.5. The Labute approximate surface area is 514 Å². The highest BCUT2D eigenvalue weighted by atomic mass is 17.1. The van der Waals surface area contributed by atoms with E-state index >= 15 is 0 Å². The van der Waals surface area contributed by atoms with E-state index in [1.54, 1.807) is 30.3 Å². The van der Waals surface area contributed by atoms with Gasteiger partial charge in [0.05, 0.1) is 0 Å². The Kier molecular flexibility index (Phi) is 17.5. The quantitative estimate of drug-likeness (QED) is 0.0283. The predicted molar refractivity (Wildman–Crippen MR) is 347 cm³/mol. The minimum atomic E-state index is -0.462. The molecular weight excluding hydrogens is 1080 g/mol. The van der Waals surface area contributed by atoms with Crippen molar-refractivity contribution in [2.45, 2.75) is 194 Å². The van der Waals surface area contributed by atoms with Gasteiger partial charge >= 0.3 is 0 Å². The molecule has 0 bridgehead atoms. The number of aryl methyl sites for hydroxylation is 8. The molecule has 8 N–H and O–H groups in total. The predicted octanol–water partition coefficient (Wildman–Crippen LogP) is 18.8. The average Bonchev–Trinajstić information content (AvgIpc) is 1.25. The normalized spacial score (nSPS) is 16.1. The number of phenolic OH excluding ortho intramolecular Hbond substituents is 7. The molecule has 3 aliphatic carbocycles. The Morgan fingerprint density at radius 2 is 0.724 bits per heavy atom. The zero-order valence-corrected chi connectivity index (χ0v) is 52.2. The molecule has 0 amide bonds. The van der Waals surface area contributed by atoms with Gasteiger partial charge in [0.15, 0.2) is 5.75 Å². The summed E-state index contributed by atoms with van der Waals surface area (Å²) in [5, 5.41) is 92.2. The van der Waals surface area contributed by atoms with Crippen LogP contribution in [-0.2, 0) is 18.3 Å². The molecule has 1 unspecified atom stereocenters. The highest BCUT2D eigenvalue weighted by Crippen LogP contribution is 2.53. The van der Waals surface area contributed by atoms with Crippen LogP contribution in [0.3, 0.4) is 0 Å². The third-order valence-corrected chi connectivity index (χ3v) is 20.6. The Bertz CT molecular complexity index is 3830. The molecule has 8 aromatic carbocycles. The van der Waals surface area contributed by atoms with E-state index < -0.39 is 17.3 Å². The molecule has 454 valence electrons. The Balaban J connectivity index is 1.06. The number of rotatable bonds is 15. The van der Waals surface area contributed by atoms with Gasteiger partial charge < -0.3 is 40.6 Å². The molecule has 0 radical (unpaired) electrons. The van der Waals surface area contributed by atoms with E-state index in [2.05, 4.69) is 36.4 Å². The van der Waals surface area contributed by atoms with Crippen LogP contribution in [0.4, 0.5) is 0 Å². The number of aromatic hydroxyl groups is 7. The second-order valence-corrected chi connectivity index (χ2v) is 26.5. The summed E-state index contributed by atoms with van der Waals surface area (Å²) >= 11 is 0. The fraction of sp³-hybridized carbons (Fsp3) is 0.385. The molecule has 9 heteroatoms. The lowest BCUT2D eigenvalue weighted by Crippen LogP contribution is -2.31. The standard InChI is InChI=1S/C78H88O9/c1-44-32-70(81)48(5)28-60(44)74(61-29-49(6)71(82)33-45(61)2)66-38-52(22-24-68(66)79)36-56-40-58(42-64(76(56)84)54-18-12-9-13-19-54)78(26-16-11-17-27-78)59-41-57(77(85)65(43-59)55-20-14-10-15-21-55)37-53-23-25-69(80)67(39-53)75(62-30-50(7)72(83)34-46(62)3)63-31-51(8)73(87-86)35-47(63)4/h22-25,28-35,38-43,54-55,74-75,79-86H,9-21,26-27,36-37H2,1-8H3. The summed E-state index contributed by atoms with van der Waals surface area (Å²) in [6, 6.07) is 36.1. The average molecular weight is 1170 g/mol. The SMILES string of the molecule is Cc1cc(C(c2cc(C)c(O)cc2C)c2cc(Cc3cc(C4(c5cc(Cc6ccc(O)c(C(c7cc(C)c(O)cc7C)c7cc(C)c(OO)cc7C)c6)c(O)c(C6CCCCC6)c5)CCCCC4)cc(C4CCCCC4)c3O)ccc2O)c(C)cc1O. The van der Waals surface area contributed by atoms with Crippen LogP contribution < -0.4 is 4.89 Å². The largest absolute Gasteiger partial charge is 0.508 e. The second-order valence-electron chi connectivity index (χ2n) is 26.5. The van der Waals surface area contributed by atoms with Crippen LogP contribution in [-0.4, -0.2) is 41.0 Å². The van der Waals surface area contributed by atoms with Crippen molar-refractivity contribution in [3.63, 3.8) is 0 Å². The summed E-state index contributed by atoms with van der Waals surface area (Å²) in [5.41, 5.74) is 19.0. The van der Waals surface area contributed by atoms with Crippen LogP contribution >= 0.6 is 0 Å². The molecule has 9 nitrogen and oxygen atoms in total. The Morgan fingerprint density at radius 1 is 0.368 bits per heavy atom. The molecule has 3 aliphatic rings. The van der Waals surface area contributed by atoms with E-state index in [0.717, 1.165) is 178 Å². The molecule has 1 atom stereocenters. The maximum absolute atomic E-state index is 12.9. The van der Waals surface area contributed by atoms with Gasteiger partial charge in [-0.3, -0.25) is 0 Å². The highest BCUT2D eigenvalue weighted by Gasteiger charge is 2.40. The topological polar surface area (TPSA) is 171 Å². The number of hydrogen-bond acceptors (Lipinski definition) is 9. The van der Waals surface area contributed by atoms with Gasteiger partial charge in [0.1, 0.15) is 40.2 Å². The minimum absolute atomic E-state index is 0.126. The van der Waals surface area contributed by atoms with E-state index in [9.17, 15) is 41.0 Å². The summed E-state index contributed by atoms with van der Waals surface area (Å²) in [6.07, 6.45) is 16.6. The first kappa shape index (κ1) is 60.8. The van der Waals surface area contributed by atoms with Crippen molar-refractivity contribution in [3.05, 3.63) is 232 Å². The van der Waals surface area contributed by atoms with Crippen LogP contribution in [0.25, 0.3) is 0 Å². The summed E-state index contributed by atoms with van der Waals surface area (Å²) in [7, 11) is 0. The molecule has 0 aliphatic heterocycles. The molecule has 0 aromatic heterocycles. The Morgan fingerprint density at radius 3 is 1.10 bits per heavy atom. The number of phenols is 7. The maximum Gasteiger partial charge on any atom is 0.168 e. The van der Waals surface area contributed by atoms with Crippen molar-refractivity contribution in [1.82, 2.24) is 0 Å². The van der Waals surface area contributed by atoms with Gasteiger partial charge in [-0.2, -0.15) is 0 Å². The van der Waals surface area contributed by atoms with Crippen molar-refractivity contribution in [2.24, 2.45) is 0 Å². The lowest BCUT2D eigenvalue weighted by molar-refractivity contribution is -0.138. The molecule has 8 aromatic rings. The first-order valence-corrected chi connectivity index (χ1v) is 31.9. The van der Waals surface area contributed by atoms with Crippen molar-refractivity contribution in [3.8, 4) is 46.0 Å². The zero-order valence-electron chi connectivity index (χ0n) is 52.2. The van der Waals surface area contributed by atoms with Crippen molar-refractivity contribution >= 4 is 0 Å². The molecule has 87 heavy (non-hydrogen) atoms. The van der Waals surface area contributed by atoms with Crippen LogP contribution in [0, 0.1) is 55.4 Å². The third kappa shape index (κ3) is 12.0. The first-order valence-electron chi connectivity index (χ1n) is 31.9. The van der Waals surface area contributed by atoms with Crippen LogP contribution in [0.15, 0.2) is 109 Å².